The van der Waals surface area contributed by atoms with Crippen molar-refractivity contribution in [2.45, 2.75) is 6.92 Å². The number of rotatable bonds is 7. The van der Waals surface area contributed by atoms with Crippen LogP contribution in [0.2, 0.25) is 0 Å². The molecule has 0 atom stereocenters. The van der Waals surface area contributed by atoms with Gasteiger partial charge in [-0.25, -0.2) is 4.79 Å². The number of aromatic carboxylic acids is 1. The van der Waals surface area contributed by atoms with Gasteiger partial charge in [0.05, 0.1) is 30.0 Å². The molecule has 0 aliphatic rings. The van der Waals surface area contributed by atoms with E-state index in [0.29, 0.717) is 16.7 Å². The standard InChI is InChI=1S/C20H16N2O7/c1-10(23)17(22-21-12-5-3-11(4-6-12)20(26)27)18(25)16-14(24)9-15-13(7-8-29-15)19(16)28-2/h3-9,21,24H,1-2H3,(H,26,27)/b22-17-. The lowest BCUT2D eigenvalue weighted by molar-refractivity contribution is -0.111. The van der Waals surface area contributed by atoms with Gasteiger partial charge in [-0.3, -0.25) is 15.0 Å². The summed E-state index contributed by atoms with van der Waals surface area (Å²) in [5.41, 5.74) is 2.60. The van der Waals surface area contributed by atoms with Gasteiger partial charge in [-0.05, 0) is 30.3 Å². The molecule has 3 aromatic rings. The number of anilines is 1. The molecular formula is C20H16N2O7. The number of hydrogen-bond donors (Lipinski definition) is 3. The molecular weight excluding hydrogens is 380 g/mol. The number of carboxylic acids is 1. The van der Waals surface area contributed by atoms with Crippen molar-refractivity contribution in [1.82, 2.24) is 0 Å². The summed E-state index contributed by atoms with van der Waals surface area (Å²) in [7, 11) is 1.32. The number of ketones is 2. The minimum atomic E-state index is -1.09. The number of furan rings is 1. The van der Waals surface area contributed by atoms with Gasteiger partial charge in [0, 0.05) is 13.0 Å². The Kier molecular flexibility index (Phi) is 5.31. The van der Waals surface area contributed by atoms with Crippen LogP contribution in [0, 0.1) is 0 Å². The molecule has 0 spiro atoms. The Labute approximate surface area is 164 Å². The highest BCUT2D eigenvalue weighted by Gasteiger charge is 2.28. The predicted octanol–water partition coefficient (Wildman–Crippen LogP) is 3.09. The van der Waals surface area contributed by atoms with Crippen LogP contribution in [0.15, 0.2) is 52.2 Å². The van der Waals surface area contributed by atoms with Crippen LogP contribution >= 0.6 is 0 Å². The highest BCUT2D eigenvalue weighted by atomic mass is 16.5. The van der Waals surface area contributed by atoms with Crippen molar-refractivity contribution in [1.29, 1.82) is 0 Å². The molecule has 2 aromatic carbocycles. The molecule has 0 fully saturated rings. The van der Waals surface area contributed by atoms with E-state index in [0.717, 1.165) is 6.92 Å². The Hall–Kier alpha value is -4.14. The molecule has 1 aromatic heterocycles. The van der Waals surface area contributed by atoms with Crippen LogP contribution in [0.1, 0.15) is 27.6 Å². The molecule has 3 N–H and O–H groups in total. The maximum absolute atomic E-state index is 13.0. The molecule has 0 bridgehead atoms. The monoisotopic (exact) mass is 396 g/mol. The molecule has 29 heavy (non-hydrogen) atoms. The van der Waals surface area contributed by atoms with Crippen LogP contribution in [-0.2, 0) is 4.79 Å². The number of carbonyl (C=O) groups is 3. The molecule has 0 unspecified atom stereocenters. The predicted molar refractivity (Wildman–Crippen MR) is 104 cm³/mol. The molecule has 0 saturated carbocycles. The number of carboxylic acid groups (broad SMARTS) is 1. The van der Waals surface area contributed by atoms with Gasteiger partial charge in [-0.1, -0.05) is 0 Å². The Balaban J connectivity index is 1.99. The van der Waals surface area contributed by atoms with Crippen molar-refractivity contribution in [3.8, 4) is 11.5 Å². The number of aromatic hydroxyl groups is 1. The zero-order chi connectivity index (χ0) is 21.1. The van der Waals surface area contributed by atoms with Gasteiger partial charge in [-0.15, -0.1) is 0 Å². The first-order valence-electron chi connectivity index (χ1n) is 8.33. The van der Waals surface area contributed by atoms with E-state index in [9.17, 15) is 19.5 Å². The van der Waals surface area contributed by atoms with Crippen molar-refractivity contribution in [3.05, 3.63) is 53.8 Å². The number of carbonyl (C=O) groups excluding carboxylic acids is 2. The smallest absolute Gasteiger partial charge is 0.335 e. The molecule has 3 rings (SSSR count). The number of hydrazone groups is 1. The number of benzene rings is 2. The Morgan fingerprint density at radius 1 is 1.14 bits per heavy atom. The highest BCUT2D eigenvalue weighted by Crippen LogP contribution is 2.37. The minimum Gasteiger partial charge on any atom is -0.507 e. The van der Waals surface area contributed by atoms with E-state index >= 15 is 0 Å². The Morgan fingerprint density at radius 2 is 1.83 bits per heavy atom. The average molecular weight is 396 g/mol. The molecule has 9 nitrogen and oxygen atoms in total. The van der Waals surface area contributed by atoms with Crippen LogP contribution in [0.4, 0.5) is 5.69 Å². The summed E-state index contributed by atoms with van der Waals surface area (Å²) < 4.78 is 10.5. The number of phenolic OH excluding ortho intramolecular Hbond substituents is 1. The van der Waals surface area contributed by atoms with E-state index in [1.54, 1.807) is 6.07 Å². The van der Waals surface area contributed by atoms with Crippen LogP contribution in [0.5, 0.6) is 11.5 Å². The molecule has 0 radical (unpaired) electrons. The number of hydrogen-bond acceptors (Lipinski definition) is 8. The normalized spacial score (nSPS) is 11.3. The lowest BCUT2D eigenvalue weighted by Gasteiger charge is -2.11. The Morgan fingerprint density at radius 3 is 2.41 bits per heavy atom. The van der Waals surface area contributed by atoms with Gasteiger partial charge >= 0.3 is 5.97 Å². The van der Waals surface area contributed by atoms with Crippen LogP contribution in [-0.4, -0.2) is 40.6 Å². The zero-order valence-electron chi connectivity index (χ0n) is 15.4. The fraction of sp³-hybridized carbons (Fsp3) is 0.100. The summed E-state index contributed by atoms with van der Waals surface area (Å²) in [5.74, 6) is -2.94. The third kappa shape index (κ3) is 3.79. The second kappa shape index (κ2) is 7.85. The molecule has 9 heteroatoms. The van der Waals surface area contributed by atoms with Crippen molar-refractivity contribution < 1.29 is 33.8 Å². The maximum atomic E-state index is 13.0. The number of Topliss-reactive ketones (excluding diaryl/α,β-unsaturated/α-hetero) is 2. The number of nitrogens with one attached hydrogen (secondary N) is 1. The summed E-state index contributed by atoms with van der Waals surface area (Å²) in [4.78, 5) is 35.9. The summed E-state index contributed by atoms with van der Waals surface area (Å²) in [6.45, 7) is 1.16. The van der Waals surface area contributed by atoms with Crippen LogP contribution < -0.4 is 10.2 Å². The molecule has 0 amide bonds. The summed E-state index contributed by atoms with van der Waals surface area (Å²) in [6.07, 6.45) is 1.38. The molecule has 0 aliphatic carbocycles. The van der Waals surface area contributed by atoms with Gasteiger partial charge in [0.15, 0.2) is 11.5 Å². The van der Waals surface area contributed by atoms with Gasteiger partial charge in [-0.2, -0.15) is 5.10 Å². The summed E-state index contributed by atoms with van der Waals surface area (Å²) in [6, 6.07) is 8.38. The molecule has 1 heterocycles. The first-order chi connectivity index (χ1) is 13.8. The average Bonchev–Trinajstić information content (AvgIpc) is 3.14. The van der Waals surface area contributed by atoms with E-state index in [-0.39, 0.29) is 16.9 Å². The largest absolute Gasteiger partial charge is 0.507 e. The first-order valence-corrected chi connectivity index (χ1v) is 8.33. The van der Waals surface area contributed by atoms with Crippen molar-refractivity contribution in [2.24, 2.45) is 5.10 Å². The van der Waals surface area contributed by atoms with E-state index in [1.807, 2.05) is 0 Å². The van der Waals surface area contributed by atoms with Gasteiger partial charge in [0.2, 0.25) is 5.78 Å². The second-order valence-electron chi connectivity index (χ2n) is 5.98. The fourth-order valence-corrected chi connectivity index (χ4v) is 2.71. The molecule has 148 valence electrons. The number of fused-ring (bicyclic) bond motifs is 1. The van der Waals surface area contributed by atoms with Gasteiger partial charge < -0.3 is 19.4 Å². The third-order valence-corrected chi connectivity index (χ3v) is 4.10. The van der Waals surface area contributed by atoms with Gasteiger partial charge in [0.1, 0.15) is 22.6 Å². The van der Waals surface area contributed by atoms with Gasteiger partial charge in [0.25, 0.3) is 0 Å². The number of phenols is 1. The van der Waals surface area contributed by atoms with Crippen molar-refractivity contribution in [3.63, 3.8) is 0 Å². The van der Waals surface area contributed by atoms with Crippen molar-refractivity contribution in [2.75, 3.05) is 12.5 Å². The SMILES string of the molecule is COc1c(C(=O)/C(=N\Nc2ccc(C(=O)O)cc2)C(C)=O)c(O)cc2occc12. The quantitative estimate of drug-likeness (QED) is 0.240. The minimum absolute atomic E-state index is 0.0542. The van der Waals surface area contributed by atoms with E-state index in [4.69, 9.17) is 14.3 Å². The zero-order valence-corrected chi connectivity index (χ0v) is 15.4. The van der Waals surface area contributed by atoms with E-state index in [2.05, 4.69) is 10.5 Å². The third-order valence-electron chi connectivity index (χ3n) is 4.10. The van der Waals surface area contributed by atoms with E-state index in [1.165, 1.54) is 43.7 Å². The number of nitrogens with zero attached hydrogens (tertiary/aromatic N) is 1. The topological polar surface area (TPSA) is 138 Å². The van der Waals surface area contributed by atoms with Crippen LogP contribution in [0.25, 0.3) is 11.0 Å². The first kappa shape index (κ1) is 19.6. The molecule has 0 aliphatic heterocycles. The van der Waals surface area contributed by atoms with E-state index < -0.39 is 29.0 Å². The highest BCUT2D eigenvalue weighted by molar-refractivity contribution is 6.69. The lowest BCUT2D eigenvalue weighted by atomic mass is 10.0. The number of methoxy groups -OCH3 is 1. The number of ether oxygens (including phenoxy) is 1. The molecule has 0 saturated heterocycles. The van der Waals surface area contributed by atoms with Crippen LogP contribution in [0.3, 0.4) is 0 Å². The summed E-state index contributed by atoms with van der Waals surface area (Å²) >= 11 is 0. The Bertz CT molecular complexity index is 1140. The fourth-order valence-electron chi connectivity index (χ4n) is 2.71. The lowest BCUT2D eigenvalue weighted by Crippen LogP contribution is -2.24. The van der Waals surface area contributed by atoms with Crippen molar-refractivity contribution >= 4 is 39.9 Å². The maximum Gasteiger partial charge on any atom is 0.335 e. The second-order valence-corrected chi connectivity index (χ2v) is 5.98. The summed E-state index contributed by atoms with van der Waals surface area (Å²) in [5, 5.41) is 23.5.